The summed E-state index contributed by atoms with van der Waals surface area (Å²) < 4.78 is 25.2. The standard InChI is InChI=1S/C19H23N5O2S/c1-5-27(25,26)12-16-6-8-17(9-7-16)21-18-11-13(2)20-19(22-18)24-15(4)10-14(3)23-24/h6-11H,5,12H2,1-4H3,(H,20,21,22). The number of rotatable bonds is 6. The average molecular weight is 385 g/mol. The Balaban J connectivity index is 1.83. The van der Waals surface area contributed by atoms with Crippen molar-refractivity contribution in [3.8, 4) is 5.95 Å². The van der Waals surface area contributed by atoms with Gasteiger partial charge in [-0.05, 0) is 44.5 Å². The van der Waals surface area contributed by atoms with Gasteiger partial charge in [0.2, 0.25) is 0 Å². The van der Waals surface area contributed by atoms with Crippen LogP contribution in [0, 0.1) is 20.8 Å². The molecule has 1 aromatic carbocycles. The number of nitrogens with one attached hydrogen (secondary N) is 1. The summed E-state index contributed by atoms with van der Waals surface area (Å²) in [5, 5.41) is 7.67. The highest BCUT2D eigenvalue weighted by atomic mass is 32.2. The number of hydrogen-bond acceptors (Lipinski definition) is 6. The van der Waals surface area contributed by atoms with Gasteiger partial charge in [0.25, 0.3) is 5.95 Å². The molecule has 0 bridgehead atoms. The fraction of sp³-hybridized carbons (Fsp3) is 0.316. The van der Waals surface area contributed by atoms with E-state index in [2.05, 4.69) is 20.4 Å². The first-order valence-electron chi connectivity index (χ1n) is 8.71. The monoisotopic (exact) mass is 385 g/mol. The molecule has 0 saturated heterocycles. The Morgan fingerprint density at radius 3 is 2.30 bits per heavy atom. The summed E-state index contributed by atoms with van der Waals surface area (Å²) >= 11 is 0. The lowest BCUT2D eigenvalue weighted by molar-refractivity contribution is 0.596. The highest BCUT2D eigenvalue weighted by Gasteiger charge is 2.11. The number of hydrogen-bond donors (Lipinski definition) is 1. The lowest BCUT2D eigenvalue weighted by Crippen LogP contribution is -2.08. The van der Waals surface area contributed by atoms with Crippen LogP contribution in [-0.2, 0) is 15.6 Å². The summed E-state index contributed by atoms with van der Waals surface area (Å²) in [5.74, 6) is 1.36. The predicted octanol–water partition coefficient (Wildman–Crippen LogP) is 3.27. The van der Waals surface area contributed by atoms with Gasteiger partial charge in [-0.1, -0.05) is 19.1 Å². The quantitative estimate of drug-likeness (QED) is 0.700. The molecule has 0 radical (unpaired) electrons. The van der Waals surface area contributed by atoms with E-state index in [1.165, 1.54) is 0 Å². The molecule has 8 heteroatoms. The zero-order chi connectivity index (χ0) is 19.6. The molecule has 0 spiro atoms. The van der Waals surface area contributed by atoms with Gasteiger partial charge in [0.15, 0.2) is 9.84 Å². The molecule has 0 unspecified atom stereocenters. The lowest BCUT2D eigenvalue weighted by Gasteiger charge is -2.10. The van der Waals surface area contributed by atoms with Crippen LogP contribution in [0.15, 0.2) is 36.4 Å². The topological polar surface area (TPSA) is 89.8 Å². The van der Waals surface area contributed by atoms with E-state index >= 15 is 0 Å². The van der Waals surface area contributed by atoms with Crippen molar-refractivity contribution in [2.75, 3.05) is 11.1 Å². The van der Waals surface area contributed by atoms with E-state index in [-0.39, 0.29) is 11.5 Å². The molecule has 2 heterocycles. The Kier molecular flexibility index (Phi) is 5.27. The second-order valence-corrected chi connectivity index (χ2v) is 8.89. The van der Waals surface area contributed by atoms with Gasteiger partial charge >= 0.3 is 0 Å². The van der Waals surface area contributed by atoms with Crippen LogP contribution in [0.5, 0.6) is 0 Å². The summed E-state index contributed by atoms with van der Waals surface area (Å²) in [7, 11) is -3.04. The van der Waals surface area contributed by atoms with Crippen LogP contribution in [-0.4, -0.2) is 33.9 Å². The third-order valence-electron chi connectivity index (χ3n) is 4.09. The van der Waals surface area contributed by atoms with Gasteiger partial charge in [-0.15, -0.1) is 0 Å². The molecular weight excluding hydrogens is 362 g/mol. The van der Waals surface area contributed by atoms with E-state index in [1.54, 1.807) is 11.6 Å². The zero-order valence-electron chi connectivity index (χ0n) is 15.9. The van der Waals surface area contributed by atoms with E-state index in [0.29, 0.717) is 11.8 Å². The molecule has 0 amide bonds. The van der Waals surface area contributed by atoms with Crippen LogP contribution in [0.25, 0.3) is 5.95 Å². The van der Waals surface area contributed by atoms with E-state index < -0.39 is 9.84 Å². The minimum atomic E-state index is -3.04. The van der Waals surface area contributed by atoms with Crippen LogP contribution in [0.4, 0.5) is 11.5 Å². The first-order chi connectivity index (χ1) is 12.8. The second-order valence-electron chi connectivity index (χ2n) is 6.53. The van der Waals surface area contributed by atoms with Gasteiger partial charge < -0.3 is 5.32 Å². The van der Waals surface area contributed by atoms with Gasteiger partial charge in [0, 0.05) is 28.9 Å². The van der Waals surface area contributed by atoms with Crippen molar-refractivity contribution in [3.63, 3.8) is 0 Å². The third-order valence-corrected chi connectivity index (χ3v) is 5.75. The molecular formula is C19H23N5O2S. The maximum absolute atomic E-state index is 11.7. The molecule has 142 valence electrons. The number of benzene rings is 1. The number of aromatic nitrogens is 4. The molecule has 0 aliphatic rings. The molecule has 1 N–H and O–H groups in total. The Bertz CT molecular complexity index is 1060. The van der Waals surface area contributed by atoms with Crippen molar-refractivity contribution in [1.82, 2.24) is 19.7 Å². The van der Waals surface area contributed by atoms with Gasteiger partial charge in [0.1, 0.15) is 5.82 Å². The predicted molar refractivity (Wildman–Crippen MR) is 106 cm³/mol. The van der Waals surface area contributed by atoms with Crippen molar-refractivity contribution < 1.29 is 8.42 Å². The minimum absolute atomic E-state index is 0.0540. The molecule has 3 aromatic rings. The van der Waals surface area contributed by atoms with E-state index in [4.69, 9.17) is 0 Å². The molecule has 3 rings (SSSR count). The highest BCUT2D eigenvalue weighted by molar-refractivity contribution is 7.90. The number of aryl methyl sites for hydroxylation is 3. The van der Waals surface area contributed by atoms with E-state index in [1.807, 2.05) is 57.2 Å². The smallest absolute Gasteiger partial charge is 0.252 e. The maximum Gasteiger partial charge on any atom is 0.252 e. The zero-order valence-corrected chi connectivity index (χ0v) is 16.7. The first-order valence-corrected chi connectivity index (χ1v) is 10.5. The molecule has 0 fully saturated rings. The number of anilines is 2. The second kappa shape index (κ2) is 7.48. The molecule has 27 heavy (non-hydrogen) atoms. The fourth-order valence-electron chi connectivity index (χ4n) is 2.73. The number of sulfone groups is 1. The average Bonchev–Trinajstić information content (AvgIpc) is 2.94. The van der Waals surface area contributed by atoms with E-state index in [9.17, 15) is 8.42 Å². The summed E-state index contributed by atoms with van der Waals surface area (Å²) in [6, 6.07) is 11.1. The minimum Gasteiger partial charge on any atom is -0.340 e. The van der Waals surface area contributed by atoms with Crippen LogP contribution in [0.3, 0.4) is 0 Å². The van der Waals surface area contributed by atoms with Crippen molar-refractivity contribution in [3.05, 3.63) is 59.0 Å². The van der Waals surface area contributed by atoms with Gasteiger partial charge in [-0.2, -0.15) is 10.1 Å². The van der Waals surface area contributed by atoms with Crippen LogP contribution >= 0.6 is 0 Å². The number of nitrogens with zero attached hydrogens (tertiary/aromatic N) is 4. The lowest BCUT2D eigenvalue weighted by atomic mass is 10.2. The highest BCUT2D eigenvalue weighted by Crippen LogP contribution is 2.19. The van der Waals surface area contributed by atoms with Gasteiger partial charge in [-0.3, -0.25) is 0 Å². The molecule has 0 aliphatic carbocycles. The maximum atomic E-state index is 11.7. The van der Waals surface area contributed by atoms with Crippen molar-refractivity contribution in [2.24, 2.45) is 0 Å². The SMILES string of the molecule is CCS(=O)(=O)Cc1ccc(Nc2cc(C)nc(-n3nc(C)cc3C)n2)cc1. The Morgan fingerprint density at radius 1 is 1.00 bits per heavy atom. The molecule has 7 nitrogen and oxygen atoms in total. The summed E-state index contributed by atoms with van der Waals surface area (Å²) in [6.45, 7) is 7.45. The van der Waals surface area contributed by atoms with Gasteiger partial charge in [0.05, 0.1) is 11.4 Å². The van der Waals surface area contributed by atoms with Gasteiger partial charge in [-0.25, -0.2) is 18.1 Å². The largest absolute Gasteiger partial charge is 0.340 e. The summed E-state index contributed by atoms with van der Waals surface area (Å²) in [4.78, 5) is 9.02. The van der Waals surface area contributed by atoms with E-state index in [0.717, 1.165) is 28.3 Å². The Labute approximate surface area is 159 Å². The van der Waals surface area contributed by atoms with Crippen LogP contribution in [0.1, 0.15) is 29.6 Å². The van der Waals surface area contributed by atoms with Crippen LogP contribution < -0.4 is 5.32 Å². The fourth-order valence-corrected chi connectivity index (χ4v) is 3.64. The normalized spacial score (nSPS) is 11.6. The van der Waals surface area contributed by atoms with Crippen LogP contribution in [0.2, 0.25) is 0 Å². The first kappa shape index (κ1) is 19.0. The summed E-state index contributed by atoms with van der Waals surface area (Å²) in [5.41, 5.74) is 4.28. The van der Waals surface area contributed by atoms with Crippen molar-refractivity contribution in [1.29, 1.82) is 0 Å². The summed E-state index contributed by atoms with van der Waals surface area (Å²) in [6.07, 6.45) is 0. The van der Waals surface area contributed by atoms with Crippen molar-refractivity contribution in [2.45, 2.75) is 33.4 Å². The third kappa shape index (κ3) is 4.71. The molecule has 0 aliphatic heterocycles. The molecule has 0 saturated carbocycles. The van der Waals surface area contributed by atoms with Crippen molar-refractivity contribution >= 4 is 21.3 Å². The molecule has 2 aromatic heterocycles. The Hall–Kier alpha value is -2.74. The Morgan fingerprint density at radius 2 is 1.70 bits per heavy atom. The molecule has 0 atom stereocenters.